The summed E-state index contributed by atoms with van der Waals surface area (Å²) in [6.45, 7) is -0.710. The molecule has 1 heterocycles. The number of para-hydroxylation sites is 1. The van der Waals surface area contributed by atoms with Crippen LogP contribution in [0, 0.1) is 11.8 Å². The van der Waals surface area contributed by atoms with Crippen LogP contribution in [0.5, 0.6) is 5.75 Å². The molecule has 3 rings (SSSR count). The highest BCUT2D eigenvalue weighted by Crippen LogP contribution is 2.37. The Morgan fingerprint density at radius 2 is 1.70 bits per heavy atom. The zero-order valence-electron chi connectivity index (χ0n) is 16.7. The molecule has 0 radical (unpaired) electrons. The van der Waals surface area contributed by atoms with Crippen LogP contribution in [0.3, 0.4) is 0 Å². The Labute approximate surface area is 173 Å². The summed E-state index contributed by atoms with van der Waals surface area (Å²) >= 11 is 0. The Balaban J connectivity index is 1.43. The van der Waals surface area contributed by atoms with Gasteiger partial charge in [-0.3, -0.25) is 34.2 Å². The van der Waals surface area contributed by atoms with E-state index in [2.05, 4.69) is 5.32 Å². The van der Waals surface area contributed by atoms with Crippen LogP contribution in [-0.2, 0) is 23.9 Å². The molecule has 0 aromatic heterocycles. The van der Waals surface area contributed by atoms with Crippen molar-refractivity contribution in [2.75, 3.05) is 20.3 Å². The van der Waals surface area contributed by atoms with Gasteiger partial charge in [-0.2, -0.15) is 0 Å². The Hall–Kier alpha value is -3.23. The van der Waals surface area contributed by atoms with Crippen molar-refractivity contribution >= 4 is 29.6 Å². The second-order valence-corrected chi connectivity index (χ2v) is 7.31. The summed E-state index contributed by atoms with van der Waals surface area (Å²) in [5.74, 6) is -2.88. The first-order valence-electron chi connectivity index (χ1n) is 9.90. The van der Waals surface area contributed by atoms with Crippen molar-refractivity contribution in [3.8, 4) is 5.75 Å². The third-order valence-corrected chi connectivity index (χ3v) is 5.44. The Bertz CT molecular complexity index is 843. The summed E-state index contributed by atoms with van der Waals surface area (Å²) in [5.41, 5.74) is 0.173. The number of amides is 4. The van der Waals surface area contributed by atoms with Crippen LogP contribution >= 0.6 is 0 Å². The number of esters is 1. The van der Waals surface area contributed by atoms with E-state index < -0.39 is 24.4 Å². The lowest BCUT2D eigenvalue weighted by molar-refractivity contribution is -0.149. The minimum atomic E-state index is -0.793. The molecule has 9 heteroatoms. The van der Waals surface area contributed by atoms with Gasteiger partial charge in [-0.1, -0.05) is 25.0 Å². The molecule has 0 unspecified atom stereocenters. The average Bonchev–Trinajstić information content (AvgIpc) is 3.00. The van der Waals surface area contributed by atoms with Crippen molar-refractivity contribution in [3.63, 3.8) is 0 Å². The number of carbonyl (C=O) groups excluding carboxylic acids is 5. The SMILES string of the molecule is COc1ccccc1C(=O)NC(=O)COC(=O)CCN1C(=O)[C@H]2CCCC[C@@H]2C1=O. The number of ether oxygens (including phenoxy) is 2. The fourth-order valence-corrected chi connectivity index (χ4v) is 3.93. The van der Waals surface area contributed by atoms with Gasteiger partial charge in [0.25, 0.3) is 11.8 Å². The molecule has 4 amide bonds. The molecule has 0 spiro atoms. The van der Waals surface area contributed by atoms with Gasteiger partial charge in [-0.15, -0.1) is 0 Å². The maximum absolute atomic E-state index is 12.4. The van der Waals surface area contributed by atoms with E-state index in [0.717, 1.165) is 17.7 Å². The van der Waals surface area contributed by atoms with Gasteiger partial charge >= 0.3 is 5.97 Å². The fourth-order valence-electron chi connectivity index (χ4n) is 3.93. The summed E-state index contributed by atoms with van der Waals surface area (Å²) < 4.78 is 9.92. The van der Waals surface area contributed by atoms with Crippen molar-refractivity contribution in [3.05, 3.63) is 29.8 Å². The lowest BCUT2D eigenvalue weighted by atomic mass is 9.81. The van der Waals surface area contributed by atoms with E-state index in [9.17, 15) is 24.0 Å². The summed E-state index contributed by atoms with van der Waals surface area (Å²) in [6, 6.07) is 6.38. The molecule has 1 saturated heterocycles. The second kappa shape index (κ2) is 9.51. The normalized spacial score (nSPS) is 20.5. The van der Waals surface area contributed by atoms with Gasteiger partial charge in [0.15, 0.2) is 6.61 Å². The summed E-state index contributed by atoms with van der Waals surface area (Å²) in [7, 11) is 1.40. The van der Waals surface area contributed by atoms with Crippen LogP contribution in [-0.4, -0.2) is 54.8 Å². The number of nitrogens with zero attached hydrogens (tertiary/aromatic N) is 1. The molecule has 1 aliphatic carbocycles. The summed E-state index contributed by atoms with van der Waals surface area (Å²) in [6.07, 6.45) is 3.06. The topological polar surface area (TPSA) is 119 Å². The average molecular weight is 416 g/mol. The predicted molar refractivity (Wildman–Crippen MR) is 103 cm³/mol. The van der Waals surface area contributed by atoms with Crippen molar-refractivity contribution in [2.24, 2.45) is 11.8 Å². The highest BCUT2D eigenvalue weighted by molar-refractivity contribution is 6.07. The third kappa shape index (κ3) is 4.67. The Kier molecular flexibility index (Phi) is 6.81. The maximum atomic E-state index is 12.4. The first-order chi connectivity index (χ1) is 14.4. The van der Waals surface area contributed by atoms with Crippen molar-refractivity contribution < 1.29 is 33.4 Å². The van der Waals surface area contributed by atoms with Crippen molar-refractivity contribution in [1.82, 2.24) is 10.2 Å². The maximum Gasteiger partial charge on any atom is 0.308 e. The minimum absolute atomic E-state index is 0.0642. The molecule has 2 fully saturated rings. The lowest BCUT2D eigenvalue weighted by Crippen LogP contribution is -2.35. The zero-order chi connectivity index (χ0) is 21.7. The second-order valence-electron chi connectivity index (χ2n) is 7.31. The largest absolute Gasteiger partial charge is 0.496 e. The molecular formula is C21H24N2O7. The summed E-state index contributed by atoms with van der Waals surface area (Å²) in [4.78, 5) is 61.9. The van der Waals surface area contributed by atoms with Gasteiger partial charge in [0.1, 0.15) is 5.75 Å². The van der Waals surface area contributed by atoms with Gasteiger partial charge < -0.3 is 9.47 Å². The van der Waals surface area contributed by atoms with Gasteiger partial charge in [0.2, 0.25) is 11.8 Å². The first-order valence-corrected chi connectivity index (χ1v) is 9.90. The van der Waals surface area contributed by atoms with Crippen LogP contribution in [0.15, 0.2) is 24.3 Å². The van der Waals surface area contributed by atoms with Crippen LogP contribution < -0.4 is 10.1 Å². The zero-order valence-corrected chi connectivity index (χ0v) is 16.7. The third-order valence-electron chi connectivity index (χ3n) is 5.44. The van der Waals surface area contributed by atoms with Gasteiger partial charge in [0, 0.05) is 6.54 Å². The molecule has 2 atom stereocenters. The molecule has 1 N–H and O–H groups in total. The van der Waals surface area contributed by atoms with E-state index in [-0.39, 0.29) is 42.2 Å². The van der Waals surface area contributed by atoms with E-state index >= 15 is 0 Å². The quantitative estimate of drug-likeness (QED) is 0.521. The number of carbonyl (C=O) groups is 5. The molecule has 1 aromatic rings. The van der Waals surface area contributed by atoms with Crippen molar-refractivity contribution in [2.45, 2.75) is 32.1 Å². The van der Waals surface area contributed by atoms with Gasteiger partial charge in [0.05, 0.1) is 30.9 Å². The van der Waals surface area contributed by atoms with Crippen LogP contribution in [0.1, 0.15) is 42.5 Å². The Morgan fingerprint density at radius 1 is 1.07 bits per heavy atom. The number of rotatable bonds is 7. The van der Waals surface area contributed by atoms with E-state index in [1.54, 1.807) is 18.2 Å². The number of hydrogen-bond acceptors (Lipinski definition) is 7. The number of nitrogens with one attached hydrogen (secondary N) is 1. The highest BCUT2D eigenvalue weighted by Gasteiger charge is 2.47. The summed E-state index contributed by atoms with van der Waals surface area (Å²) in [5, 5.41) is 2.12. The molecule has 9 nitrogen and oxygen atoms in total. The monoisotopic (exact) mass is 416 g/mol. The lowest BCUT2D eigenvalue weighted by Gasteiger charge is -2.19. The molecule has 0 bridgehead atoms. The number of imide groups is 2. The van der Waals surface area contributed by atoms with Crippen LogP contribution in [0.4, 0.5) is 0 Å². The number of hydrogen-bond donors (Lipinski definition) is 1. The molecule has 2 aliphatic rings. The molecule has 1 aromatic carbocycles. The standard InChI is InChI=1S/C21H24N2O7/c1-29-16-9-5-4-8-15(16)19(26)22-17(24)12-30-18(25)10-11-23-20(27)13-6-2-3-7-14(13)21(23)28/h4-5,8-9,13-14H,2-3,6-7,10-12H2,1H3,(H,22,24,26)/t13-,14-/m0/s1. The smallest absolute Gasteiger partial charge is 0.308 e. The van der Waals surface area contributed by atoms with E-state index in [0.29, 0.717) is 18.6 Å². The molecule has 160 valence electrons. The van der Waals surface area contributed by atoms with E-state index in [1.165, 1.54) is 13.2 Å². The molecule has 30 heavy (non-hydrogen) atoms. The van der Waals surface area contributed by atoms with Gasteiger partial charge in [-0.25, -0.2) is 0 Å². The minimum Gasteiger partial charge on any atom is -0.496 e. The Morgan fingerprint density at radius 3 is 2.33 bits per heavy atom. The number of likely N-dealkylation sites (tertiary alicyclic amines) is 1. The molecule has 1 saturated carbocycles. The predicted octanol–water partition coefficient (Wildman–Crippen LogP) is 1.06. The first kappa shape index (κ1) is 21.5. The fraction of sp³-hybridized carbons (Fsp3) is 0.476. The number of fused-ring (bicyclic) bond motifs is 1. The highest BCUT2D eigenvalue weighted by atomic mass is 16.5. The number of methoxy groups -OCH3 is 1. The van der Waals surface area contributed by atoms with E-state index in [4.69, 9.17) is 9.47 Å². The molecular weight excluding hydrogens is 392 g/mol. The number of benzene rings is 1. The van der Waals surface area contributed by atoms with Crippen LogP contribution in [0.2, 0.25) is 0 Å². The molecule has 1 aliphatic heterocycles. The van der Waals surface area contributed by atoms with E-state index in [1.807, 2.05) is 0 Å². The van der Waals surface area contributed by atoms with Gasteiger partial charge in [-0.05, 0) is 25.0 Å². The van der Waals surface area contributed by atoms with Crippen molar-refractivity contribution in [1.29, 1.82) is 0 Å². The van der Waals surface area contributed by atoms with Crippen LogP contribution in [0.25, 0.3) is 0 Å².